The number of phenolic OH excluding ortho intramolecular Hbond substituents is 2. The molecule has 1 amide bonds. The van der Waals surface area contributed by atoms with Crippen molar-refractivity contribution in [2.24, 2.45) is 5.10 Å². The van der Waals surface area contributed by atoms with Crippen molar-refractivity contribution < 1.29 is 19.4 Å². The predicted octanol–water partition coefficient (Wildman–Crippen LogP) is 4.52. The Balaban J connectivity index is 1.85. The number of hydrogen-bond acceptors (Lipinski definition) is 5. The standard InChI is InChI=1S/C17H12Br2N2O4/c1-8(12-7-11(22)2-3-14(12)23)20-21-17(24)15-5-9-4-10(18)6-13(19)16(9)25-15/h2-7,22-23H,1H3,(H,21,24). The quantitative estimate of drug-likeness (QED) is 0.299. The Hall–Kier alpha value is -2.32. The Bertz CT molecular complexity index is 1010. The number of nitrogens with one attached hydrogen (secondary N) is 1. The molecule has 3 N–H and O–H groups in total. The van der Waals surface area contributed by atoms with E-state index in [4.69, 9.17) is 4.42 Å². The lowest BCUT2D eigenvalue weighted by Gasteiger charge is -2.05. The van der Waals surface area contributed by atoms with E-state index in [0.29, 0.717) is 16.9 Å². The van der Waals surface area contributed by atoms with Crippen molar-refractivity contribution in [1.29, 1.82) is 0 Å². The van der Waals surface area contributed by atoms with Gasteiger partial charge in [0, 0.05) is 15.4 Å². The van der Waals surface area contributed by atoms with Gasteiger partial charge in [0.15, 0.2) is 5.76 Å². The molecule has 0 aliphatic rings. The first-order chi connectivity index (χ1) is 11.8. The third kappa shape index (κ3) is 3.69. The summed E-state index contributed by atoms with van der Waals surface area (Å²) < 4.78 is 7.14. The van der Waals surface area contributed by atoms with E-state index < -0.39 is 5.91 Å². The summed E-state index contributed by atoms with van der Waals surface area (Å²) in [5.41, 5.74) is 3.58. The number of halogens is 2. The van der Waals surface area contributed by atoms with Gasteiger partial charge in [0.25, 0.3) is 0 Å². The lowest BCUT2D eigenvalue weighted by Crippen LogP contribution is -2.18. The topological polar surface area (TPSA) is 95.1 Å². The summed E-state index contributed by atoms with van der Waals surface area (Å²) in [7, 11) is 0. The average Bonchev–Trinajstić information content (AvgIpc) is 2.99. The highest BCUT2D eigenvalue weighted by atomic mass is 79.9. The summed E-state index contributed by atoms with van der Waals surface area (Å²) in [6.45, 7) is 1.60. The zero-order valence-corrected chi connectivity index (χ0v) is 16.1. The number of benzene rings is 2. The number of phenols is 2. The summed E-state index contributed by atoms with van der Waals surface area (Å²) in [5, 5.41) is 24.0. The first-order valence-electron chi connectivity index (χ1n) is 7.10. The molecule has 0 spiro atoms. The number of carbonyl (C=O) groups excluding carboxylic acids is 1. The minimum atomic E-state index is -0.529. The van der Waals surface area contributed by atoms with Gasteiger partial charge in [-0.05, 0) is 59.3 Å². The van der Waals surface area contributed by atoms with Crippen LogP contribution in [0.4, 0.5) is 0 Å². The summed E-state index contributed by atoms with van der Waals surface area (Å²) in [6.07, 6.45) is 0. The second kappa shape index (κ2) is 6.89. The van der Waals surface area contributed by atoms with Crippen molar-refractivity contribution in [2.75, 3.05) is 0 Å². The highest BCUT2D eigenvalue weighted by Crippen LogP contribution is 2.31. The van der Waals surface area contributed by atoms with Crippen LogP contribution in [-0.4, -0.2) is 21.8 Å². The lowest BCUT2D eigenvalue weighted by atomic mass is 10.1. The monoisotopic (exact) mass is 466 g/mol. The summed E-state index contributed by atoms with van der Waals surface area (Å²) in [5.74, 6) is -0.490. The molecule has 0 aliphatic heterocycles. The van der Waals surface area contributed by atoms with Gasteiger partial charge >= 0.3 is 5.91 Å². The minimum Gasteiger partial charge on any atom is -0.508 e. The summed E-state index contributed by atoms with van der Waals surface area (Å²) in [4.78, 5) is 12.2. The van der Waals surface area contributed by atoms with Gasteiger partial charge in [-0.3, -0.25) is 4.79 Å². The maximum atomic E-state index is 12.2. The number of fused-ring (bicyclic) bond motifs is 1. The number of hydrogen-bond donors (Lipinski definition) is 3. The number of nitrogens with zero attached hydrogens (tertiary/aromatic N) is 1. The Morgan fingerprint density at radius 3 is 2.68 bits per heavy atom. The van der Waals surface area contributed by atoms with Gasteiger partial charge < -0.3 is 14.6 Å². The van der Waals surface area contributed by atoms with Crippen LogP contribution in [-0.2, 0) is 0 Å². The van der Waals surface area contributed by atoms with Gasteiger partial charge in [0.2, 0.25) is 0 Å². The number of furan rings is 1. The van der Waals surface area contributed by atoms with E-state index in [1.807, 2.05) is 12.1 Å². The third-order valence-corrected chi connectivity index (χ3v) is 4.50. The van der Waals surface area contributed by atoms with Gasteiger partial charge in [-0.25, -0.2) is 5.43 Å². The van der Waals surface area contributed by atoms with Crippen molar-refractivity contribution in [2.45, 2.75) is 6.92 Å². The number of hydrazone groups is 1. The number of amides is 1. The van der Waals surface area contributed by atoms with Crippen LogP contribution in [0.2, 0.25) is 0 Å². The molecule has 2 aromatic carbocycles. The maximum Gasteiger partial charge on any atom is 0.307 e. The zero-order chi connectivity index (χ0) is 18.1. The van der Waals surface area contributed by atoms with Crippen LogP contribution in [0.15, 0.2) is 54.9 Å². The van der Waals surface area contributed by atoms with Crippen LogP contribution in [0.1, 0.15) is 23.0 Å². The first kappa shape index (κ1) is 17.5. The fraction of sp³-hybridized carbons (Fsp3) is 0.0588. The van der Waals surface area contributed by atoms with E-state index in [0.717, 1.165) is 14.3 Å². The van der Waals surface area contributed by atoms with Crippen molar-refractivity contribution in [1.82, 2.24) is 5.43 Å². The maximum absolute atomic E-state index is 12.2. The van der Waals surface area contributed by atoms with E-state index in [-0.39, 0.29) is 17.3 Å². The molecule has 3 rings (SSSR count). The molecule has 3 aromatic rings. The van der Waals surface area contributed by atoms with Gasteiger partial charge in [-0.15, -0.1) is 0 Å². The molecule has 0 aliphatic carbocycles. The molecule has 8 heteroatoms. The predicted molar refractivity (Wildman–Crippen MR) is 101 cm³/mol. The van der Waals surface area contributed by atoms with E-state index in [1.54, 1.807) is 13.0 Å². The Kier molecular flexibility index (Phi) is 4.82. The molecule has 0 saturated heterocycles. The van der Waals surface area contributed by atoms with Crippen LogP contribution < -0.4 is 5.43 Å². The largest absolute Gasteiger partial charge is 0.508 e. The SMILES string of the molecule is CC(=NNC(=O)c1cc2cc(Br)cc(Br)c2o1)c1cc(O)ccc1O. The molecule has 0 atom stereocenters. The van der Waals surface area contributed by atoms with Crippen LogP contribution in [0.5, 0.6) is 11.5 Å². The number of carbonyl (C=O) groups is 1. The van der Waals surface area contributed by atoms with Crippen LogP contribution in [0.25, 0.3) is 11.0 Å². The average molecular weight is 468 g/mol. The molecule has 1 heterocycles. The summed E-state index contributed by atoms with van der Waals surface area (Å²) >= 11 is 6.76. The molecule has 0 unspecified atom stereocenters. The van der Waals surface area contributed by atoms with Crippen molar-refractivity contribution in [3.63, 3.8) is 0 Å². The second-order valence-electron chi connectivity index (χ2n) is 5.26. The Morgan fingerprint density at radius 2 is 1.92 bits per heavy atom. The van der Waals surface area contributed by atoms with E-state index in [9.17, 15) is 15.0 Å². The molecule has 0 bridgehead atoms. The molecule has 128 valence electrons. The lowest BCUT2D eigenvalue weighted by molar-refractivity contribution is 0.0929. The third-order valence-electron chi connectivity index (χ3n) is 3.45. The fourth-order valence-corrected chi connectivity index (χ4v) is 3.59. The zero-order valence-electron chi connectivity index (χ0n) is 12.9. The van der Waals surface area contributed by atoms with Crippen LogP contribution in [0.3, 0.4) is 0 Å². The van der Waals surface area contributed by atoms with Crippen molar-refractivity contribution in [3.8, 4) is 11.5 Å². The molecule has 1 aromatic heterocycles. The highest BCUT2D eigenvalue weighted by molar-refractivity contribution is 9.11. The Morgan fingerprint density at radius 1 is 1.16 bits per heavy atom. The van der Waals surface area contributed by atoms with Gasteiger partial charge in [0.05, 0.1) is 10.2 Å². The number of rotatable bonds is 3. The number of aromatic hydroxyl groups is 2. The molecule has 25 heavy (non-hydrogen) atoms. The van der Waals surface area contributed by atoms with E-state index >= 15 is 0 Å². The molecule has 6 nitrogen and oxygen atoms in total. The highest BCUT2D eigenvalue weighted by Gasteiger charge is 2.15. The van der Waals surface area contributed by atoms with Crippen LogP contribution in [0, 0.1) is 0 Å². The van der Waals surface area contributed by atoms with Crippen molar-refractivity contribution in [3.05, 3.63) is 56.7 Å². The summed E-state index contributed by atoms with van der Waals surface area (Å²) in [6, 6.07) is 9.32. The van der Waals surface area contributed by atoms with E-state index in [1.165, 1.54) is 18.2 Å². The molecule has 0 fully saturated rings. The molecular formula is C17H12Br2N2O4. The van der Waals surface area contributed by atoms with E-state index in [2.05, 4.69) is 42.4 Å². The first-order valence-corrected chi connectivity index (χ1v) is 8.69. The minimum absolute atomic E-state index is 0.0126. The molecular weight excluding hydrogens is 456 g/mol. The Labute approximate surface area is 159 Å². The van der Waals surface area contributed by atoms with Gasteiger partial charge in [-0.2, -0.15) is 5.10 Å². The van der Waals surface area contributed by atoms with Gasteiger partial charge in [-0.1, -0.05) is 15.9 Å². The van der Waals surface area contributed by atoms with Crippen molar-refractivity contribution >= 4 is 54.4 Å². The van der Waals surface area contributed by atoms with Crippen LogP contribution >= 0.6 is 31.9 Å². The fourth-order valence-electron chi connectivity index (χ4n) is 2.25. The second-order valence-corrected chi connectivity index (χ2v) is 7.03. The van der Waals surface area contributed by atoms with Gasteiger partial charge in [0.1, 0.15) is 17.1 Å². The normalized spacial score (nSPS) is 11.7. The molecule has 0 saturated carbocycles. The molecule has 0 radical (unpaired) electrons. The smallest absolute Gasteiger partial charge is 0.307 e.